The zero-order valence-corrected chi connectivity index (χ0v) is 12.1. The minimum atomic E-state index is -1.31. The van der Waals surface area contributed by atoms with E-state index in [4.69, 9.17) is 10.5 Å². The Kier molecular flexibility index (Phi) is 3.55. The number of aliphatic hydroxyl groups excluding tert-OH is 2. The number of carbonyl (C=O) groups is 1. The van der Waals surface area contributed by atoms with Gasteiger partial charge in [-0.1, -0.05) is 13.8 Å². The number of Topliss-reactive ketones (excluding diaryl/α,β-unsaturated/α-hetero) is 1. The van der Waals surface area contributed by atoms with Crippen molar-refractivity contribution in [2.75, 3.05) is 5.73 Å². The predicted molar refractivity (Wildman–Crippen MR) is 75.5 cm³/mol. The molecular formula is C13H17N5O4. The largest absolute Gasteiger partial charge is 0.387 e. The molecule has 22 heavy (non-hydrogen) atoms. The molecule has 4 N–H and O–H groups in total. The zero-order chi connectivity index (χ0) is 16.0. The molecule has 0 saturated carbocycles. The third-order valence-electron chi connectivity index (χ3n) is 3.75. The summed E-state index contributed by atoms with van der Waals surface area (Å²) in [7, 11) is 0. The van der Waals surface area contributed by atoms with Crippen LogP contribution in [-0.4, -0.2) is 53.8 Å². The van der Waals surface area contributed by atoms with Gasteiger partial charge >= 0.3 is 0 Å². The van der Waals surface area contributed by atoms with Crippen LogP contribution >= 0.6 is 0 Å². The maximum atomic E-state index is 12.1. The number of fused-ring (bicyclic) bond motifs is 1. The van der Waals surface area contributed by atoms with Crippen molar-refractivity contribution in [2.24, 2.45) is 5.92 Å². The Morgan fingerprint density at radius 3 is 2.73 bits per heavy atom. The van der Waals surface area contributed by atoms with Crippen molar-refractivity contribution in [3.8, 4) is 0 Å². The smallest absolute Gasteiger partial charge is 0.167 e. The molecule has 2 aromatic rings. The van der Waals surface area contributed by atoms with Crippen molar-refractivity contribution < 1.29 is 19.7 Å². The second-order valence-electron chi connectivity index (χ2n) is 5.57. The van der Waals surface area contributed by atoms with E-state index in [-0.39, 0.29) is 17.5 Å². The highest BCUT2D eigenvalue weighted by molar-refractivity contribution is 5.86. The normalized spacial score (nSPS) is 28.6. The molecule has 2 aromatic heterocycles. The minimum Gasteiger partial charge on any atom is -0.387 e. The molecular weight excluding hydrogens is 290 g/mol. The van der Waals surface area contributed by atoms with Gasteiger partial charge in [0.05, 0.1) is 6.33 Å². The van der Waals surface area contributed by atoms with Crippen LogP contribution in [0.25, 0.3) is 11.2 Å². The number of nitrogens with two attached hydrogens (primary N) is 1. The van der Waals surface area contributed by atoms with Crippen LogP contribution in [0.15, 0.2) is 12.7 Å². The fourth-order valence-corrected chi connectivity index (χ4v) is 2.51. The minimum absolute atomic E-state index is 0.201. The van der Waals surface area contributed by atoms with E-state index in [2.05, 4.69) is 15.0 Å². The van der Waals surface area contributed by atoms with Gasteiger partial charge in [-0.3, -0.25) is 9.36 Å². The van der Waals surface area contributed by atoms with E-state index in [0.717, 1.165) is 0 Å². The van der Waals surface area contributed by atoms with Crippen LogP contribution in [-0.2, 0) is 9.53 Å². The number of ketones is 1. The molecule has 3 rings (SSSR count). The second kappa shape index (κ2) is 5.27. The quantitative estimate of drug-likeness (QED) is 0.674. The number of imidazole rings is 1. The molecule has 4 atom stereocenters. The molecule has 0 aliphatic carbocycles. The van der Waals surface area contributed by atoms with E-state index in [9.17, 15) is 15.0 Å². The van der Waals surface area contributed by atoms with Crippen LogP contribution < -0.4 is 5.73 Å². The first-order valence-electron chi connectivity index (χ1n) is 6.90. The Hall–Kier alpha value is -2.10. The van der Waals surface area contributed by atoms with Crippen molar-refractivity contribution in [3.63, 3.8) is 0 Å². The van der Waals surface area contributed by atoms with Crippen molar-refractivity contribution in [1.29, 1.82) is 0 Å². The molecule has 1 aliphatic heterocycles. The number of anilines is 1. The van der Waals surface area contributed by atoms with E-state index < -0.39 is 24.5 Å². The number of hydrogen-bond donors (Lipinski definition) is 3. The fraction of sp³-hybridized carbons (Fsp3) is 0.538. The summed E-state index contributed by atoms with van der Waals surface area (Å²) in [5, 5.41) is 20.3. The summed E-state index contributed by atoms with van der Waals surface area (Å²) in [6, 6.07) is 0. The summed E-state index contributed by atoms with van der Waals surface area (Å²) < 4.78 is 7.01. The summed E-state index contributed by atoms with van der Waals surface area (Å²) in [5.74, 6) is -0.387. The Bertz CT molecular complexity index is 716. The lowest BCUT2D eigenvalue weighted by molar-refractivity contribution is -0.138. The molecule has 0 unspecified atom stereocenters. The lowest BCUT2D eigenvalue weighted by atomic mass is 9.99. The van der Waals surface area contributed by atoms with Gasteiger partial charge in [-0.05, 0) is 0 Å². The molecule has 0 aromatic carbocycles. The first kappa shape index (κ1) is 14.8. The Morgan fingerprint density at radius 1 is 1.32 bits per heavy atom. The molecule has 1 saturated heterocycles. The van der Waals surface area contributed by atoms with E-state index in [0.29, 0.717) is 11.2 Å². The van der Waals surface area contributed by atoms with Crippen LogP contribution in [0.5, 0.6) is 0 Å². The molecule has 118 valence electrons. The van der Waals surface area contributed by atoms with Gasteiger partial charge in [-0.2, -0.15) is 0 Å². The summed E-state index contributed by atoms with van der Waals surface area (Å²) in [6.45, 7) is 3.41. The number of aliphatic hydroxyl groups is 2. The molecule has 9 heteroatoms. The Balaban J connectivity index is 1.98. The van der Waals surface area contributed by atoms with Crippen molar-refractivity contribution >= 4 is 22.8 Å². The number of nitrogen functional groups attached to an aromatic ring is 1. The number of nitrogens with zero attached hydrogens (tertiary/aromatic N) is 4. The topological polar surface area (TPSA) is 136 Å². The number of carbonyl (C=O) groups excluding carboxylic acids is 1. The molecule has 1 aliphatic rings. The highest BCUT2D eigenvalue weighted by Crippen LogP contribution is 2.33. The van der Waals surface area contributed by atoms with Crippen LogP contribution in [0.3, 0.4) is 0 Å². The maximum absolute atomic E-state index is 12.1. The number of hydrogen-bond acceptors (Lipinski definition) is 8. The molecule has 9 nitrogen and oxygen atoms in total. The van der Waals surface area contributed by atoms with Gasteiger partial charge in [-0.25, -0.2) is 15.0 Å². The summed E-state index contributed by atoms with van der Waals surface area (Å²) in [5.41, 5.74) is 6.44. The molecule has 0 bridgehead atoms. The van der Waals surface area contributed by atoms with Gasteiger partial charge in [-0.15, -0.1) is 0 Å². The highest BCUT2D eigenvalue weighted by Gasteiger charge is 2.47. The monoisotopic (exact) mass is 307 g/mol. The van der Waals surface area contributed by atoms with Gasteiger partial charge in [0, 0.05) is 5.92 Å². The van der Waals surface area contributed by atoms with Gasteiger partial charge in [0.2, 0.25) is 0 Å². The standard InChI is InChI=1S/C13H17N5O4/c1-5(2)7(19)10-8(20)9(21)13(22-10)18-4-17-6-11(14)15-3-16-12(6)18/h3-5,8-10,13,20-21H,1-2H3,(H2,14,15,16)/t8-,9+,10+,13+/m0/s1. The second-order valence-corrected chi connectivity index (χ2v) is 5.57. The first-order chi connectivity index (χ1) is 10.4. The molecule has 3 heterocycles. The van der Waals surface area contributed by atoms with Crippen LogP contribution in [0.2, 0.25) is 0 Å². The molecule has 0 radical (unpaired) electrons. The summed E-state index contributed by atoms with van der Waals surface area (Å²) >= 11 is 0. The van der Waals surface area contributed by atoms with Crippen molar-refractivity contribution in [2.45, 2.75) is 38.4 Å². The van der Waals surface area contributed by atoms with Gasteiger partial charge < -0.3 is 20.7 Å². The average molecular weight is 307 g/mol. The third kappa shape index (κ3) is 2.14. The third-order valence-corrected chi connectivity index (χ3v) is 3.75. The Morgan fingerprint density at radius 2 is 2.05 bits per heavy atom. The lowest BCUT2D eigenvalue weighted by Gasteiger charge is -2.16. The first-order valence-corrected chi connectivity index (χ1v) is 6.90. The average Bonchev–Trinajstić information content (AvgIpc) is 3.02. The van der Waals surface area contributed by atoms with Crippen LogP contribution in [0.4, 0.5) is 5.82 Å². The van der Waals surface area contributed by atoms with Crippen molar-refractivity contribution in [1.82, 2.24) is 19.5 Å². The molecule has 1 fully saturated rings. The predicted octanol–water partition coefficient (Wildman–Crippen LogP) is -0.747. The van der Waals surface area contributed by atoms with Crippen molar-refractivity contribution in [3.05, 3.63) is 12.7 Å². The summed E-state index contributed by atoms with van der Waals surface area (Å²) in [6.07, 6.45) is -1.99. The van der Waals surface area contributed by atoms with E-state index in [1.165, 1.54) is 17.2 Å². The molecule has 0 spiro atoms. The van der Waals surface area contributed by atoms with E-state index in [1.54, 1.807) is 13.8 Å². The molecule has 0 amide bonds. The lowest BCUT2D eigenvalue weighted by Crippen LogP contribution is -2.37. The fourth-order valence-electron chi connectivity index (χ4n) is 2.51. The number of rotatable bonds is 3. The van der Waals surface area contributed by atoms with Gasteiger partial charge in [0.1, 0.15) is 30.2 Å². The van der Waals surface area contributed by atoms with Crippen LogP contribution in [0.1, 0.15) is 20.1 Å². The summed E-state index contributed by atoms with van der Waals surface area (Å²) in [4.78, 5) is 24.0. The zero-order valence-electron chi connectivity index (χ0n) is 12.1. The van der Waals surface area contributed by atoms with Gasteiger partial charge in [0.25, 0.3) is 0 Å². The number of aromatic nitrogens is 4. The Labute approximate surface area is 125 Å². The highest BCUT2D eigenvalue weighted by atomic mass is 16.6. The van der Waals surface area contributed by atoms with E-state index >= 15 is 0 Å². The van der Waals surface area contributed by atoms with Crippen LogP contribution in [0, 0.1) is 5.92 Å². The SMILES string of the molecule is CC(C)C(=O)[C@H]1O[C@@H](n2cnc3c(N)ncnc32)[C@H](O)[C@@H]1O. The number of ether oxygens (including phenoxy) is 1. The van der Waals surface area contributed by atoms with Gasteiger partial charge in [0.15, 0.2) is 23.5 Å². The maximum Gasteiger partial charge on any atom is 0.167 e. The van der Waals surface area contributed by atoms with E-state index in [1.807, 2.05) is 0 Å².